The molecule has 4 rings (SSSR count). The first kappa shape index (κ1) is 38.0. The van der Waals surface area contributed by atoms with Crippen LogP contribution < -0.4 is 15.5 Å². The number of unbranched alkanes of at least 4 members (excludes halogenated alkanes) is 2. The van der Waals surface area contributed by atoms with Crippen molar-refractivity contribution in [1.29, 1.82) is 0 Å². The van der Waals surface area contributed by atoms with Crippen molar-refractivity contribution in [2.75, 3.05) is 43.1 Å². The second-order valence-electron chi connectivity index (χ2n) is 13.4. The zero-order valence-electron chi connectivity index (χ0n) is 28.6. The minimum Gasteiger partial charge on any atom is -0.748 e. The largest absolute Gasteiger partial charge is 0.748 e. The summed E-state index contributed by atoms with van der Waals surface area (Å²) in [5.41, 5.74) is 5.25. The van der Waals surface area contributed by atoms with Crippen LogP contribution in [0.15, 0.2) is 66.4 Å². The summed E-state index contributed by atoms with van der Waals surface area (Å²) in [4.78, 5) is 26.7. The molecule has 2 aliphatic heterocycles. The number of allylic oxidation sites excluding steroid dienone is 4. The Hall–Kier alpha value is -3.85. The molecule has 0 atom stereocenters. The monoisotopic (exact) mass is 713 g/mol. The van der Waals surface area contributed by atoms with Crippen molar-refractivity contribution < 1.29 is 40.1 Å². The predicted molar refractivity (Wildman–Crippen MR) is 187 cm³/mol. The molecule has 2 N–H and O–H groups in total. The van der Waals surface area contributed by atoms with Crippen LogP contribution in [0, 0.1) is 0 Å². The van der Waals surface area contributed by atoms with E-state index in [1.165, 1.54) is 7.05 Å². The van der Waals surface area contributed by atoms with E-state index in [0.29, 0.717) is 31.5 Å². The number of amides is 2. The molecule has 2 aromatic carbocycles. The molecule has 0 fully saturated rings. The summed E-state index contributed by atoms with van der Waals surface area (Å²) in [6.07, 6.45) is 7.42. The van der Waals surface area contributed by atoms with Crippen LogP contribution in [0.3, 0.4) is 0 Å². The highest BCUT2D eigenvalue weighted by molar-refractivity contribution is 7.85. The van der Waals surface area contributed by atoms with E-state index < -0.39 is 37.2 Å². The lowest BCUT2D eigenvalue weighted by Crippen LogP contribution is -2.35. The lowest BCUT2D eigenvalue weighted by molar-refractivity contribution is -0.438. The lowest BCUT2D eigenvalue weighted by Gasteiger charge is -2.27. The summed E-state index contributed by atoms with van der Waals surface area (Å²) in [5, 5.41) is 5.10. The molecule has 266 valence electrons. The van der Waals surface area contributed by atoms with E-state index in [-0.39, 0.29) is 36.6 Å². The summed E-state index contributed by atoms with van der Waals surface area (Å²) in [6, 6.07) is 13.4. The Morgan fingerprint density at radius 2 is 1.53 bits per heavy atom. The third-order valence-electron chi connectivity index (χ3n) is 9.20. The number of carbonyl (C=O) groups excluding carboxylic acids is 2. The van der Waals surface area contributed by atoms with Gasteiger partial charge in [0.1, 0.15) is 6.54 Å². The first-order chi connectivity index (χ1) is 22.9. The lowest BCUT2D eigenvalue weighted by atomic mass is 9.81. The molecule has 2 aromatic rings. The standard InChI is InChI=1S/C35H46N4O8S2/c1-34(2)26-13-6-7-14-28(26)38(19-8-10-21-48(42,43)44)30(34)15-12-16-31-35(3,4)27-23-25(33(41)37-24-32(40)36-5)17-18-29(27)39(31)20-9-11-22-49(45,46)47/h6-7,12-18,23H,8-11,19-22,24H2,1-5H3,(H3-,36,37,40,41,42,43,44,45,46,47)/p-1. The van der Waals surface area contributed by atoms with Crippen molar-refractivity contribution >= 4 is 49.1 Å². The zero-order valence-corrected chi connectivity index (χ0v) is 30.2. The molecular weight excluding hydrogens is 669 g/mol. The Morgan fingerprint density at radius 3 is 2.18 bits per heavy atom. The maximum Gasteiger partial charge on any atom is 0.251 e. The first-order valence-corrected chi connectivity index (χ1v) is 19.4. The first-order valence-electron chi connectivity index (χ1n) is 16.3. The quantitative estimate of drug-likeness (QED) is 0.159. The van der Waals surface area contributed by atoms with Crippen molar-refractivity contribution in [3.63, 3.8) is 0 Å². The van der Waals surface area contributed by atoms with E-state index in [1.54, 1.807) is 6.07 Å². The summed E-state index contributed by atoms with van der Waals surface area (Å²) in [5.74, 6) is -1.57. The molecule has 0 saturated heterocycles. The van der Waals surface area contributed by atoms with Gasteiger partial charge < -0.3 is 24.6 Å². The van der Waals surface area contributed by atoms with Crippen LogP contribution in [0.5, 0.6) is 0 Å². The molecule has 2 amide bonds. The number of anilines is 1. The summed E-state index contributed by atoms with van der Waals surface area (Å²) in [7, 11) is -7.15. The van der Waals surface area contributed by atoms with Gasteiger partial charge in [0.15, 0.2) is 5.71 Å². The van der Waals surface area contributed by atoms with Gasteiger partial charge in [0, 0.05) is 71.6 Å². The Labute approximate surface area is 289 Å². The molecule has 0 aromatic heterocycles. The van der Waals surface area contributed by atoms with E-state index in [4.69, 9.17) is 0 Å². The van der Waals surface area contributed by atoms with Crippen LogP contribution in [0.4, 0.5) is 11.4 Å². The van der Waals surface area contributed by atoms with E-state index >= 15 is 0 Å². The van der Waals surface area contributed by atoms with Crippen molar-refractivity contribution in [3.8, 4) is 0 Å². The predicted octanol–water partition coefficient (Wildman–Crippen LogP) is 3.43. The van der Waals surface area contributed by atoms with Crippen molar-refractivity contribution in [2.24, 2.45) is 0 Å². The van der Waals surface area contributed by atoms with Crippen LogP contribution in [-0.2, 0) is 35.9 Å². The van der Waals surface area contributed by atoms with Gasteiger partial charge in [0.05, 0.1) is 32.2 Å². The molecule has 0 saturated carbocycles. The van der Waals surface area contributed by atoms with Gasteiger partial charge in [-0.05, 0) is 62.9 Å². The maximum absolute atomic E-state index is 12.9. The number of hydrogen-bond acceptors (Lipinski definition) is 9. The average molecular weight is 714 g/mol. The molecule has 0 aliphatic carbocycles. The number of hydrogen-bond donors (Lipinski definition) is 2. The fourth-order valence-corrected chi connectivity index (χ4v) is 7.73. The number of nitrogens with zero attached hydrogens (tertiary/aromatic N) is 2. The second-order valence-corrected chi connectivity index (χ2v) is 16.4. The van der Waals surface area contributed by atoms with Gasteiger partial charge in [-0.1, -0.05) is 38.1 Å². The zero-order chi connectivity index (χ0) is 36.2. The van der Waals surface area contributed by atoms with Gasteiger partial charge in [0.25, 0.3) is 5.91 Å². The molecule has 0 spiro atoms. The van der Waals surface area contributed by atoms with Crippen molar-refractivity contribution in [1.82, 2.24) is 10.6 Å². The average Bonchev–Trinajstić information content (AvgIpc) is 3.37. The van der Waals surface area contributed by atoms with Crippen LogP contribution in [-0.4, -0.2) is 86.2 Å². The molecule has 14 heteroatoms. The molecule has 2 heterocycles. The van der Waals surface area contributed by atoms with Crippen LogP contribution in [0.1, 0.15) is 74.9 Å². The fourth-order valence-electron chi connectivity index (χ4n) is 6.62. The topological polar surface area (TPSA) is 179 Å². The number of nitrogens with one attached hydrogen (secondary N) is 2. The molecule has 2 aliphatic rings. The molecule has 49 heavy (non-hydrogen) atoms. The molecular formula is C35H45N4O8S2-. The van der Waals surface area contributed by atoms with E-state index in [1.807, 2.05) is 62.4 Å². The van der Waals surface area contributed by atoms with Gasteiger partial charge in [-0.2, -0.15) is 4.58 Å². The summed E-state index contributed by atoms with van der Waals surface area (Å²) >= 11 is 0. The number of para-hydroxylation sites is 1. The van der Waals surface area contributed by atoms with Crippen LogP contribution in [0.2, 0.25) is 0 Å². The van der Waals surface area contributed by atoms with Gasteiger partial charge in [-0.3, -0.25) is 9.59 Å². The Balaban J connectivity index is 1.70. The number of rotatable bonds is 15. The fraction of sp³-hybridized carbons (Fsp3) is 0.457. The number of likely N-dealkylation sites (N-methyl/N-ethyl adjacent to an activating group) is 1. The van der Waals surface area contributed by atoms with E-state index in [0.717, 1.165) is 33.9 Å². The third kappa shape index (κ3) is 9.04. The Kier molecular flexibility index (Phi) is 11.6. The van der Waals surface area contributed by atoms with Gasteiger partial charge >= 0.3 is 0 Å². The highest BCUT2D eigenvalue weighted by Gasteiger charge is 2.44. The van der Waals surface area contributed by atoms with Gasteiger partial charge in [-0.15, -0.1) is 0 Å². The minimum absolute atomic E-state index is 0.158. The summed E-state index contributed by atoms with van der Waals surface area (Å²) in [6.45, 7) is 9.15. The smallest absolute Gasteiger partial charge is 0.251 e. The van der Waals surface area contributed by atoms with Crippen molar-refractivity contribution in [2.45, 2.75) is 64.2 Å². The van der Waals surface area contributed by atoms with Gasteiger partial charge in [0.2, 0.25) is 11.6 Å². The SMILES string of the molecule is CNC(=O)CNC(=O)c1ccc2c(c1)C(C)(C)/C(=C\C=C\C1=[N+](CCCCS(=O)(=O)[O-])c3ccccc3C1(C)C)N2CCCCS(=O)(=O)[O-]. The highest BCUT2D eigenvalue weighted by Crippen LogP contribution is 2.48. The maximum atomic E-state index is 12.9. The van der Waals surface area contributed by atoms with Crippen molar-refractivity contribution in [3.05, 3.63) is 83.1 Å². The van der Waals surface area contributed by atoms with E-state index in [2.05, 4.69) is 40.0 Å². The Morgan fingerprint density at radius 1 is 0.878 bits per heavy atom. The molecule has 0 unspecified atom stereocenters. The highest BCUT2D eigenvalue weighted by atomic mass is 32.2. The summed E-state index contributed by atoms with van der Waals surface area (Å²) < 4.78 is 69.5. The minimum atomic E-state index is -4.34. The third-order valence-corrected chi connectivity index (χ3v) is 10.8. The molecule has 12 nitrogen and oxygen atoms in total. The van der Waals surface area contributed by atoms with Crippen LogP contribution >= 0.6 is 0 Å². The number of fused-ring (bicyclic) bond motifs is 2. The van der Waals surface area contributed by atoms with Gasteiger partial charge in [-0.25, -0.2) is 16.8 Å². The van der Waals surface area contributed by atoms with Crippen LogP contribution in [0.25, 0.3) is 0 Å². The number of carbonyl (C=O) groups is 2. The Bertz CT molecular complexity index is 1910. The van der Waals surface area contributed by atoms with E-state index in [9.17, 15) is 35.5 Å². The second kappa shape index (κ2) is 15.0. The number of benzene rings is 2. The molecule has 0 bridgehead atoms. The molecule has 0 radical (unpaired) electrons. The normalized spacial score (nSPS) is 17.4.